The molecule has 1 aliphatic rings. The van der Waals surface area contributed by atoms with Gasteiger partial charge in [0, 0.05) is 16.1 Å². The number of hydrogen-bond acceptors (Lipinski definition) is 5. The van der Waals surface area contributed by atoms with Crippen molar-refractivity contribution in [3.8, 4) is 0 Å². The molecule has 16 heavy (non-hydrogen) atoms. The van der Waals surface area contributed by atoms with Crippen molar-refractivity contribution in [2.75, 3.05) is 0 Å². The third-order valence-electron chi connectivity index (χ3n) is 1.93. The number of carbonyl (C=O) groups is 2. The van der Waals surface area contributed by atoms with Crippen molar-refractivity contribution in [3.63, 3.8) is 0 Å². The van der Waals surface area contributed by atoms with E-state index in [1.165, 1.54) is 3.93 Å². The molecule has 2 atom stereocenters. The molecule has 1 aliphatic heterocycles. The Morgan fingerprint density at radius 2 is 1.31 bits per heavy atom. The second-order valence-corrected chi connectivity index (χ2v) is 5.02. The lowest BCUT2D eigenvalue weighted by Crippen LogP contribution is -2.24. The van der Waals surface area contributed by atoms with E-state index >= 15 is 0 Å². The van der Waals surface area contributed by atoms with Crippen LogP contribution in [0.2, 0.25) is 0 Å². The Kier molecular flexibility index (Phi) is 4.32. The third kappa shape index (κ3) is 3.18. The zero-order valence-corrected chi connectivity index (χ0v) is 11.4. The summed E-state index contributed by atoms with van der Waals surface area (Å²) in [6.45, 7) is 7.06. The number of nitrogens with zero attached hydrogens (tertiary/aromatic N) is 1. The van der Waals surface area contributed by atoms with E-state index in [0.717, 1.165) is 0 Å². The van der Waals surface area contributed by atoms with Crippen molar-refractivity contribution < 1.29 is 19.1 Å². The SMILES string of the molecule is CC(C)OC(=O)[C@H]1[C@H](C(=O)OC(C)C)N1Br. The molecule has 0 radical (unpaired) electrons. The largest absolute Gasteiger partial charge is 0.462 e. The van der Waals surface area contributed by atoms with E-state index in [2.05, 4.69) is 16.1 Å². The summed E-state index contributed by atoms with van der Waals surface area (Å²) in [5, 5.41) is 0. The molecular formula is C10H16BrNO4. The maximum absolute atomic E-state index is 11.5. The fourth-order valence-corrected chi connectivity index (χ4v) is 1.94. The molecule has 0 aliphatic carbocycles. The van der Waals surface area contributed by atoms with E-state index in [-0.39, 0.29) is 12.2 Å². The number of rotatable bonds is 4. The van der Waals surface area contributed by atoms with Crippen LogP contribution in [0, 0.1) is 0 Å². The van der Waals surface area contributed by atoms with Crippen LogP contribution < -0.4 is 0 Å². The van der Waals surface area contributed by atoms with Gasteiger partial charge in [0.05, 0.1) is 12.2 Å². The molecule has 0 aromatic carbocycles. The van der Waals surface area contributed by atoms with Gasteiger partial charge < -0.3 is 9.47 Å². The van der Waals surface area contributed by atoms with Crippen molar-refractivity contribution in [3.05, 3.63) is 0 Å². The van der Waals surface area contributed by atoms with Crippen molar-refractivity contribution in [1.29, 1.82) is 0 Å². The van der Waals surface area contributed by atoms with E-state index in [0.29, 0.717) is 0 Å². The smallest absolute Gasteiger partial charge is 0.326 e. The Hall–Kier alpha value is -0.620. The molecule has 1 heterocycles. The molecule has 6 heteroatoms. The number of hydrogen-bond donors (Lipinski definition) is 0. The topological polar surface area (TPSA) is 55.6 Å². The van der Waals surface area contributed by atoms with Gasteiger partial charge in [0.15, 0.2) is 0 Å². The van der Waals surface area contributed by atoms with Gasteiger partial charge in [0.2, 0.25) is 0 Å². The lowest BCUT2D eigenvalue weighted by atomic mass is 10.3. The highest BCUT2D eigenvalue weighted by atomic mass is 79.9. The molecule has 1 rings (SSSR count). The van der Waals surface area contributed by atoms with Gasteiger partial charge in [0.25, 0.3) is 0 Å². The molecule has 1 fully saturated rings. The van der Waals surface area contributed by atoms with Crippen molar-refractivity contribution >= 4 is 28.1 Å². The van der Waals surface area contributed by atoms with Gasteiger partial charge in [-0.05, 0) is 27.7 Å². The summed E-state index contributed by atoms with van der Waals surface area (Å²) in [6, 6.07) is -1.12. The number of carbonyl (C=O) groups excluding carboxylic acids is 2. The van der Waals surface area contributed by atoms with E-state index in [9.17, 15) is 9.59 Å². The van der Waals surface area contributed by atoms with Crippen LogP contribution in [0.1, 0.15) is 27.7 Å². The van der Waals surface area contributed by atoms with Crippen LogP contribution in [0.4, 0.5) is 0 Å². The van der Waals surface area contributed by atoms with Crippen LogP contribution in [0.15, 0.2) is 0 Å². The first-order chi connectivity index (χ1) is 7.34. The third-order valence-corrected chi connectivity index (χ3v) is 2.81. The van der Waals surface area contributed by atoms with Gasteiger partial charge in [0.1, 0.15) is 12.1 Å². The molecule has 0 N–H and O–H groups in total. The van der Waals surface area contributed by atoms with Gasteiger partial charge in [-0.25, -0.2) is 3.93 Å². The fraction of sp³-hybridized carbons (Fsp3) is 0.800. The van der Waals surface area contributed by atoms with Crippen molar-refractivity contribution in [2.45, 2.75) is 52.0 Å². The number of halogens is 1. The molecule has 0 aromatic heterocycles. The molecule has 1 saturated heterocycles. The number of esters is 2. The minimum atomic E-state index is -0.561. The Morgan fingerprint density at radius 1 is 1.00 bits per heavy atom. The first-order valence-electron chi connectivity index (χ1n) is 5.19. The summed E-state index contributed by atoms with van der Waals surface area (Å²) >= 11 is 3.13. The average molecular weight is 294 g/mol. The highest BCUT2D eigenvalue weighted by molar-refractivity contribution is 9.07. The zero-order valence-electron chi connectivity index (χ0n) is 9.77. The molecule has 0 aromatic rings. The van der Waals surface area contributed by atoms with Gasteiger partial charge >= 0.3 is 11.9 Å². The standard InChI is InChI=1S/C10H16BrNO4/c1-5(2)15-9(13)7-8(12(7)11)10(14)16-6(3)4/h5-8H,1-4H3/t7-,8-/m1/s1. The van der Waals surface area contributed by atoms with E-state index in [4.69, 9.17) is 9.47 Å². The second-order valence-electron chi connectivity index (χ2n) is 4.21. The summed E-state index contributed by atoms with van der Waals surface area (Å²) in [6.07, 6.45) is -0.369. The molecule has 0 unspecified atom stereocenters. The summed E-state index contributed by atoms with van der Waals surface area (Å²) in [7, 11) is 0. The average Bonchev–Trinajstić information content (AvgIpc) is 2.74. The Morgan fingerprint density at radius 3 is 1.56 bits per heavy atom. The first kappa shape index (κ1) is 13.4. The first-order valence-corrected chi connectivity index (χ1v) is 5.90. The van der Waals surface area contributed by atoms with Crippen LogP contribution in [0.3, 0.4) is 0 Å². The molecule has 0 spiro atoms. The van der Waals surface area contributed by atoms with Crippen molar-refractivity contribution in [1.82, 2.24) is 3.93 Å². The van der Waals surface area contributed by atoms with Crippen molar-refractivity contribution in [2.24, 2.45) is 0 Å². The van der Waals surface area contributed by atoms with Crippen LogP contribution in [0.5, 0.6) is 0 Å². The van der Waals surface area contributed by atoms with Gasteiger partial charge in [-0.2, -0.15) is 0 Å². The monoisotopic (exact) mass is 293 g/mol. The van der Waals surface area contributed by atoms with E-state index in [1.807, 2.05) is 0 Å². The molecule has 5 nitrogen and oxygen atoms in total. The second kappa shape index (κ2) is 5.14. The van der Waals surface area contributed by atoms with Gasteiger partial charge in [-0.3, -0.25) is 9.59 Å². The lowest BCUT2D eigenvalue weighted by molar-refractivity contribution is -0.151. The quantitative estimate of drug-likeness (QED) is 0.444. The molecule has 92 valence electrons. The lowest BCUT2D eigenvalue weighted by Gasteiger charge is -2.07. The molecular weight excluding hydrogens is 278 g/mol. The number of ether oxygens (including phenoxy) is 2. The normalized spacial score (nSPS) is 28.1. The highest BCUT2D eigenvalue weighted by Gasteiger charge is 2.58. The highest BCUT2D eigenvalue weighted by Crippen LogP contribution is 2.34. The maximum Gasteiger partial charge on any atom is 0.326 e. The van der Waals surface area contributed by atoms with Gasteiger partial charge in [-0.1, -0.05) is 0 Å². The minimum Gasteiger partial charge on any atom is -0.462 e. The predicted molar refractivity (Wildman–Crippen MR) is 60.8 cm³/mol. The van der Waals surface area contributed by atoms with Crippen LogP contribution in [-0.4, -0.2) is 40.2 Å². The van der Waals surface area contributed by atoms with E-state index in [1.54, 1.807) is 27.7 Å². The summed E-state index contributed by atoms with van der Waals surface area (Å²) in [5.41, 5.74) is 0. The molecule has 0 amide bonds. The Bertz CT molecular complexity index is 265. The summed E-state index contributed by atoms with van der Waals surface area (Å²) < 4.78 is 11.5. The Labute approximate surface area is 103 Å². The van der Waals surface area contributed by atoms with Crippen LogP contribution in [0.25, 0.3) is 0 Å². The molecule has 0 saturated carbocycles. The van der Waals surface area contributed by atoms with Crippen LogP contribution in [-0.2, 0) is 19.1 Å². The van der Waals surface area contributed by atoms with Crippen LogP contribution >= 0.6 is 16.1 Å². The molecule has 0 bridgehead atoms. The summed E-state index contributed by atoms with van der Waals surface area (Å²) in [4.78, 5) is 23.1. The minimum absolute atomic E-state index is 0.184. The van der Waals surface area contributed by atoms with Gasteiger partial charge in [-0.15, -0.1) is 0 Å². The van der Waals surface area contributed by atoms with E-state index < -0.39 is 24.0 Å². The predicted octanol–water partition coefficient (Wildman–Crippen LogP) is 1.25. The maximum atomic E-state index is 11.5. The fourth-order valence-electron chi connectivity index (χ4n) is 1.27. The zero-order chi connectivity index (χ0) is 12.5. The Balaban J connectivity index is 2.48. The summed E-state index contributed by atoms with van der Waals surface area (Å²) in [5.74, 6) is -0.810.